The average Bonchev–Trinajstić information content (AvgIpc) is 2.68. The predicted molar refractivity (Wildman–Crippen MR) is 111 cm³/mol. The van der Waals surface area contributed by atoms with Crippen molar-refractivity contribution in [2.24, 2.45) is 0 Å². The Balaban J connectivity index is 1.59. The summed E-state index contributed by atoms with van der Waals surface area (Å²) in [7, 11) is 1.54. The third kappa shape index (κ3) is 4.34. The van der Waals surface area contributed by atoms with Gasteiger partial charge in [-0.15, -0.1) is 0 Å². The van der Waals surface area contributed by atoms with E-state index in [1.807, 2.05) is 29.2 Å². The monoisotopic (exact) mass is 433 g/mol. The van der Waals surface area contributed by atoms with Crippen LogP contribution >= 0.6 is 28.1 Å². The summed E-state index contributed by atoms with van der Waals surface area (Å²) < 4.78 is 6.08. The molecule has 1 amide bonds. The van der Waals surface area contributed by atoms with Gasteiger partial charge in [0, 0.05) is 36.3 Å². The average molecular weight is 434 g/mol. The number of rotatable bonds is 3. The number of thiocarbonyl (C=S) groups is 1. The number of hydrogen-bond donors (Lipinski definition) is 1. The maximum atomic E-state index is 12.6. The number of carbonyl (C=O) groups excluding carboxylic acids is 1. The number of nitrogens with zero attached hydrogens (tertiary/aromatic N) is 2. The van der Waals surface area contributed by atoms with Crippen LogP contribution in [-0.2, 0) is 0 Å². The molecule has 0 atom stereocenters. The zero-order chi connectivity index (χ0) is 18.5. The zero-order valence-corrected chi connectivity index (χ0v) is 16.8. The number of nitrogens with one attached hydrogen (secondary N) is 1. The highest BCUT2D eigenvalue weighted by atomic mass is 79.9. The molecule has 1 heterocycles. The molecule has 136 valence electrons. The summed E-state index contributed by atoms with van der Waals surface area (Å²) in [5, 5.41) is 3.27. The fraction of sp³-hybridized carbons (Fsp3) is 0.263. The lowest BCUT2D eigenvalue weighted by Gasteiger charge is -2.37. The number of carbonyl (C=O) groups is 1. The predicted octanol–water partition coefficient (Wildman–Crippen LogP) is 3.29. The number of ether oxygens (including phenoxy) is 1. The van der Waals surface area contributed by atoms with E-state index in [2.05, 4.69) is 38.3 Å². The molecular formula is C19H20BrN3O2S. The number of halogens is 1. The Morgan fingerprint density at radius 2 is 1.81 bits per heavy atom. The van der Waals surface area contributed by atoms with Crippen LogP contribution in [0.25, 0.3) is 0 Å². The van der Waals surface area contributed by atoms with Crippen molar-refractivity contribution in [1.29, 1.82) is 0 Å². The van der Waals surface area contributed by atoms with Crippen molar-refractivity contribution in [3.05, 3.63) is 58.6 Å². The molecule has 0 spiro atoms. The number of anilines is 1. The van der Waals surface area contributed by atoms with Gasteiger partial charge >= 0.3 is 0 Å². The van der Waals surface area contributed by atoms with Crippen LogP contribution in [0.4, 0.5) is 5.69 Å². The van der Waals surface area contributed by atoms with Gasteiger partial charge in [0.15, 0.2) is 5.11 Å². The van der Waals surface area contributed by atoms with Crippen LogP contribution in [0.1, 0.15) is 10.4 Å². The van der Waals surface area contributed by atoms with Crippen LogP contribution in [0, 0.1) is 0 Å². The molecule has 1 aliphatic heterocycles. The lowest BCUT2D eigenvalue weighted by atomic mass is 10.2. The first-order valence-corrected chi connectivity index (χ1v) is 9.52. The van der Waals surface area contributed by atoms with Crippen molar-refractivity contribution >= 4 is 44.9 Å². The van der Waals surface area contributed by atoms with Crippen molar-refractivity contribution in [2.45, 2.75) is 0 Å². The van der Waals surface area contributed by atoms with E-state index in [4.69, 9.17) is 17.0 Å². The minimum Gasteiger partial charge on any atom is -0.496 e. The van der Waals surface area contributed by atoms with Gasteiger partial charge in [0.2, 0.25) is 0 Å². The fourth-order valence-electron chi connectivity index (χ4n) is 2.91. The molecular weight excluding hydrogens is 414 g/mol. The normalized spacial score (nSPS) is 14.1. The standard InChI is InChI=1S/C19H20BrN3O2S/c1-25-17-8-7-14(20)13-16(17)18(24)21-19(26)23-11-9-22(10-12-23)15-5-3-2-4-6-15/h2-8,13H,9-12H2,1H3,(H,21,24,26). The van der Waals surface area contributed by atoms with Crippen LogP contribution in [0.15, 0.2) is 53.0 Å². The van der Waals surface area contributed by atoms with Gasteiger partial charge in [0.1, 0.15) is 5.75 Å². The zero-order valence-electron chi connectivity index (χ0n) is 14.4. The van der Waals surface area contributed by atoms with Gasteiger partial charge < -0.3 is 14.5 Å². The summed E-state index contributed by atoms with van der Waals surface area (Å²) in [6.07, 6.45) is 0. The molecule has 0 aromatic heterocycles. The van der Waals surface area contributed by atoms with Crippen molar-refractivity contribution in [1.82, 2.24) is 10.2 Å². The summed E-state index contributed by atoms with van der Waals surface area (Å²) in [6, 6.07) is 15.6. The summed E-state index contributed by atoms with van der Waals surface area (Å²) in [6.45, 7) is 3.26. The van der Waals surface area contributed by atoms with Gasteiger partial charge in [-0.3, -0.25) is 10.1 Å². The van der Waals surface area contributed by atoms with Crippen LogP contribution < -0.4 is 15.0 Å². The van der Waals surface area contributed by atoms with Crippen molar-refractivity contribution < 1.29 is 9.53 Å². The molecule has 1 N–H and O–H groups in total. The highest BCUT2D eigenvalue weighted by molar-refractivity contribution is 9.10. The summed E-state index contributed by atoms with van der Waals surface area (Å²) in [4.78, 5) is 16.9. The summed E-state index contributed by atoms with van der Waals surface area (Å²) in [5.41, 5.74) is 1.66. The second kappa shape index (κ2) is 8.51. The second-order valence-electron chi connectivity index (χ2n) is 5.91. The molecule has 7 heteroatoms. The Hall–Kier alpha value is -2.12. The highest BCUT2D eigenvalue weighted by Gasteiger charge is 2.21. The maximum Gasteiger partial charge on any atom is 0.261 e. The molecule has 2 aromatic carbocycles. The number of hydrogen-bond acceptors (Lipinski definition) is 4. The molecule has 0 bridgehead atoms. The van der Waals surface area contributed by atoms with Crippen molar-refractivity contribution in [2.75, 3.05) is 38.2 Å². The van der Waals surface area contributed by atoms with E-state index in [9.17, 15) is 4.79 Å². The highest BCUT2D eigenvalue weighted by Crippen LogP contribution is 2.23. The van der Waals surface area contributed by atoms with Gasteiger partial charge in [-0.2, -0.15) is 0 Å². The lowest BCUT2D eigenvalue weighted by molar-refractivity contribution is 0.0970. The van der Waals surface area contributed by atoms with Gasteiger partial charge in [-0.25, -0.2) is 0 Å². The van der Waals surface area contributed by atoms with Gasteiger partial charge in [0.25, 0.3) is 5.91 Å². The minimum absolute atomic E-state index is 0.265. The first-order valence-electron chi connectivity index (χ1n) is 8.32. The smallest absolute Gasteiger partial charge is 0.261 e. The SMILES string of the molecule is COc1ccc(Br)cc1C(=O)NC(=S)N1CCN(c2ccccc2)CC1. The summed E-state index contributed by atoms with van der Waals surface area (Å²) >= 11 is 8.82. The maximum absolute atomic E-state index is 12.6. The first-order chi connectivity index (χ1) is 12.6. The molecule has 0 aliphatic carbocycles. The molecule has 1 fully saturated rings. The van der Waals surface area contributed by atoms with E-state index in [-0.39, 0.29) is 5.91 Å². The summed E-state index contributed by atoms with van der Waals surface area (Å²) in [5.74, 6) is 0.251. The molecule has 26 heavy (non-hydrogen) atoms. The molecule has 1 aliphatic rings. The van der Waals surface area contributed by atoms with E-state index in [0.717, 1.165) is 30.7 Å². The Labute approximate surface area is 167 Å². The topological polar surface area (TPSA) is 44.8 Å². The van der Waals surface area contributed by atoms with Crippen molar-refractivity contribution in [3.63, 3.8) is 0 Å². The van der Waals surface area contributed by atoms with Gasteiger partial charge in [-0.05, 0) is 42.5 Å². The molecule has 0 saturated carbocycles. The number of amides is 1. The van der Waals surface area contributed by atoms with Gasteiger partial charge in [0.05, 0.1) is 12.7 Å². The Morgan fingerprint density at radius 3 is 2.46 bits per heavy atom. The number of piperazine rings is 1. The van der Waals surface area contributed by atoms with Gasteiger partial charge in [-0.1, -0.05) is 34.1 Å². The third-order valence-corrected chi connectivity index (χ3v) is 5.17. The number of benzene rings is 2. The molecule has 2 aromatic rings. The molecule has 3 rings (SSSR count). The van der Waals surface area contributed by atoms with E-state index in [1.54, 1.807) is 19.2 Å². The van der Waals surface area contributed by atoms with E-state index in [1.165, 1.54) is 5.69 Å². The van der Waals surface area contributed by atoms with Crippen LogP contribution in [0.2, 0.25) is 0 Å². The quantitative estimate of drug-likeness (QED) is 0.752. The van der Waals surface area contributed by atoms with Crippen LogP contribution in [0.3, 0.4) is 0 Å². The molecule has 5 nitrogen and oxygen atoms in total. The van der Waals surface area contributed by atoms with Crippen LogP contribution in [-0.4, -0.2) is 49.2 Å². The fourth-order valence-corrected chi connectivity index (χ4v) is 3.54. The molecule has 0 radical (unpaired) electrons. The van der Waals surface area contributed by atoms with E-state index >= 15 is 0 Å². The lowest BCUT2D eigenvalue weighted by Crippen LogP contribution is -2.52. The first kappa shape index (κ1) is 18.7. The second-order valence-corrected chi connectivity index (χ2v) is 7.22. The Kier molecular flexibility index (Phi) is 6.11. The van der Waals surface area contributed by atoms with E-state index in [0.29, 0.717) is 16.4 Å². The Morgan fingerprint density at radius 1 is 1.12 bits per heavy atom. The molecule has 1 saturated heterocycles. The van der Waals surface area contributed by atoms with Crippen LogP contribution in [0.5, 0.6) is 5.75 Å². The minimum atomic E-state index is -0.265. The van der Waals surface area contributed by atoms with Crippen molar-refractivity contribution in [3.8, 4) is 5.75 Å². The number of para-hydroxylation sites is 1. The molecule has 0 unspecified atom stereocenters. The van der Waals surface area contributed by atoms with E-state index < -0.39 is 0 Å². The third-order valence-electron chi connectivity index (χ3n) is 4.31. The Bertz CT molecular complexity index is 793. The largest absolute Gasteiger partial charge is 0.496 e. The number of methoxy groups -OCH3 is 1.